The Bertz CT molecular complexity index is 805. The summed E-state index contributed by atoms with van der Waals surface area (Å²) in [6.07, 6.45) is 3.96. The molecule has 4 rings (SSSR count). The van der Waals surface area contributed by atoms with E-state index in [2.05, 4.69) is 0 Å². The first-order chi connectivity index (χ1) is 13.0. The van der Waals surface area contributed by atoms with Crippen LogP contribution in [0.1, 0.15) is 48.7 Å². The fraction of sp³-hybridized carbons (Fsp3) is 0.500. The highest BCUT2D eigenvalue weighted by molar-refractivity contribution is 5.89. The molecule has 1 aromatic carbocycles. The highest BCUT2D eigenvalue weighted by Gasteiger charge is 2.48. The summed E-state index contributed by atoms with van der Waals surface area (Å²) in [6, 6.07) is 11.9. The SMILES string of the molecule is COc1ccc(C2(C(=O)N3CC(N)C(c4ccc(C)o4)C3)CCCC2)cc1. The second kappa shape index (κ2) is 7.04. The average Bonchev–Trinajstić information content (AvgIpc) is 3.41. The van der Waals surface area contributed by atoms with Gasteiger partial charge in [-0.15, -0.1) is 0 Å². The monoisotopic (exact) mass is 368 g/mol. The van der Waals surface area contributed by atoms with E-state index in [0.717, 1.165) is 48.5 Å². The largest absolute Gasteiger partial charge is 0.497 e. The number of amides is 1. The van der Waals surface area contributed by atoms with Gasteiger partial charge in [0, 0.05) is 19.1 Å². The van der Waals surface area contributed by atoms with Gasteiger partial charge in [-0.1, -0.05) is 25.0 Å². The number of rotatable bonds is 4. The molecule has 2 atom stereocenters. The van der Waals surface area contributed by atoms with Gasteiger partial charge >= 0.3 is 0 Å². The van der Waals surface area contributed by atoms with E-state index in [4.69, 9.17) is 14.9 Å². The predicted molar refractivity (Wildman–Crippen MR) is 104 cm³/mol. The average molecular weight is 368 g/mol. The maximum Gasteiger partial charge on any atom is 0.233 e. The third-order valence-corrected chi connectivity index (χ3v) is 6.29. The zero-order chi connectivity index (χ0) is 19.0. The number of likely N-dealkylation sites (tertiary alicyclic amines) is 1. The molecule has 5 heteroatoms. The number of nitrogens with zero attached hydrogens (tertiary/aromatic N) is 1. The van der Waals surface area contributed by atoms with E-state index in [-0.39, 0.29) is 17.9 Å². The molecule has 1 aliphatic heterocycles. The van der Waals surface area contributed by atoms with Crippen molar-refractivity contribution in [3.63, 3.8) is 0 Å². The minimum Gasteiger partial charge on any atom is -0.497 e. The fourth-order valence-electron chi connectivity index (χ4n) is 4.77. The number of ether oxygens (including phenoxy) is 1. The number of methoxy groups -OCH3 is 1. The van der Waals surface area contributed by atoms with E-state index in [9.17, 15) is 4.79 Å². The van der Waals surface area contributed by atoms with E-state index in [0.29, 0.717) is 13.1 Å². The van der Waals surface area contributed by atoms with Gasteiger partial charge in [-0.2, -0.15) is 0 Å². The summed E-state index contributed by atoms with van der Waals surface area (Å²) in [5, 5.41) is 0. The third-order valence-electron chi connectivity index (χ3n) is 6.29. The molecule has 5 nitrogen and oxygen atoms in total. The van der Waals surface area contributed by atoms with Crippen LogP contribution in [0, 0.1) is 6.92 Å². The molecule has 2 unspecified atom stereocenters. The smallest absolute Gasteiger partial charge is 0.233 e. The maximum absolute atomic E-state index is 13.7. The third kappa shape index (κ3) is 3.14. The highest BCUT2D eigenvalue weighted by Crippen LogP contribution is 2.44. The first kappa shape index (κ1) is 18.1. The van der Waals surface area contributed by atoms with Crippen molar-refractivity contribution in [1.29, 1.82) is 0 Å². The number of hydrogen-bond donors (Lipinski definition) is 1. The molecule has 1 saturated carbocycles. The fourth-order valence-corrected chi connectivity index (χ4v) is 4.77. The second-order valence-electron chi connectivity index (χ2n) is 7.95. The number of carbonyl (C=O) groups excluding carboxylic acids is 1. The Hall–Kier alpha value is -2.27. The summed E-state index contributed by atoms with van der Waals surface area (Å²) in [5.74, 6) is 2.87. The Morgan fingerprint density at radius 2 is 1.85 bits per heavy atom. The summed E-state index contributed by atoms with van der Waals surface area (Å²) in [5.41, 5.74) is 7.06. The van der Waals surface area contributed by atoms with Crippen molar-refractivity contribution >= 4 is 5.91 Å². The van der Waals surface area contributed by atoms with E-state index in [1.54, 1.807) is 7.11 Å². The number of carbonyl (C=O) groups is 1. The Morgan fingerprint density at radius 1 is 1.15 bits per heavy atom. The molecule has 0 bridgehead atoms. The summed E-state index contributed by atoms with van der Waals surface area (Å²) in [7, 11) is 1.66. The Labute approximate surface area is 160 Å². The van der Waals surface area contributed by atoms with Crippen molar-refractivity contribution in [2.75, 3.05) is 20.2 Å². The van der Waals surface area contributed by atoms with Crippen LogP contribution in [0.5, 0.6) is 5.75 Å². The van der Waals surface area contributed by atoms with Gasteiger partial charge in [-0.3, -0.25) is 4.79 Å². The molecule has 144 valence electrons. The highest BCUT2D eigenvalue weighted by atomic mass is 16.5. The topological polar surface area (TPSA) is 68.7 Å². The summed E-state index contributed by atoms with van der Waals surface area (Å²) in [4.78, 5) is 15.6. The van der Waals surface area contributed by atoms with Crippen LogP contribution in [0.4, 0.5) is 0 Å². The van der Waals surface area contributed by atoms with Crippen LogP contribution in [-0.2, 0) is 10.2 Å². The first-order valence-corrected chi connectivity index (χ1v) is 9.79. The van der Waals surface area contributed by atoms with Gasteiger partial charge in [0.15, 0.2) is 0 Å². The Morgan fingerprint density at radius 3 is 2.44 bits per heavy atom. The molecule has 0 radical (unpaired) electrons. The molecule has 2 heterocycles. The van der Waals surface area contributed by atoms with Gasteiger partial charge in [0.25, 0.3) is 0 Å². The quantitative estimate of drug-likeness (QED) is 0.898. The summed E-state index contributed by atoms with van der Waals surface area (Å²) in [6.45, 7) is 3.15. The zero-order valence-corrected chi connectivity index (χ0v) is 16.1. The van der Waals surface area contributed by atoms with Crippen molar-refractivity contribution < 1.29 is 13.9 Å². The molecule has 1 aliphatic carbocycles. The predicted octanol–water partition coefficient (Wildman–Crippen LogP) is 3.36. The van der Waals surface area contributed by atoms with Crippen molar-refractivity contribution in [2.24, 2.45) is 5.73 Å². The molecule has 27 heavy (non-hydrogen) atoms. The lowest BCUT2D eigenvalue weighted by Gasteiger charge is -2.33. The van der Waals surface area contributed by atoms with Crippen molar-refractivity contribution in [1.82, 2.24) is 4.90 Å². The number of furan rings is 1. The van der Waals surface area contributed by atoms with Crippen LogP contribution in [0.2, 0.25) is 0 Å². The van der Waals surface area contributed by atoms with Crippen LogP contribution < -0.4 is 10.5 Å². The van der Waals surface area contributed by atoms with Gasteiger partial charge in [0.1, 0.15) is 17.3 Å². The number of hydrogen-bond acceptors (Lipinski definition) is 4. The number of aryl methyl sites for hydroxylation is 1. The molecular weight excluding hydrogens is 340 g/mol. The van der Waals surface area contributed by atoms with Crippen LogP contribution >= 0.6 is 0 Å². The van der Waals surface area contributed by atoms with Crippen molar-refractivity contribution in [2.45, 2.75) is 50.0 Å². The van der Waals surface area contributed by atoms with Crippen LogP contribution in [0.3, 0.4) is 0 Å². The van der Waals surface area contributed by atoms with Crippen LogP contribution in [0.15, 0.2) is 40.8 Å². The minimum atomic E-state index is -0.431. The van der Waals surface area contributed by atoms with Crippen LogP contribution in [-0.4, -0.2) is 37.0 Å². The maximum atomic E-state index is 13.7. The standard InChI is InChI=1S/C22H28N2O3/c1-15-5-10-20(27-15)18-13-24(14-19(18)23)21(25)22(11-3-4-12-22)16-6-8-17(26-2)9-7-16/h5-10,18-19H,3-4,11-14,23H2,1-2H3. The van der Waals surface area contributed by atoms with Gasteiger partial charge in [0.05, 0.1) is 18.4 Å². The van der Waals surface area contributed by atoms with Gasteiger partial charge in [-0.25, -0.2) is 0 Å². The molecule has 1 saturated heterocycles. The second-order valence-corrected chi connectivity index (χ2v) is 7.95. The lowest BCUT2D eigenvalue weighted by atomic mass is 9.77. The zero-order valence-electron chi connectivity index (χ0n) is 16.1. The van der Waals surface area contributed by atoms with E-state index < -0.39 is 5.41 Å². The molecular formula is C22H28N2O3. The molecule has 2 aliphatic rings. The lowest BCUT2D eigenvalue weighted by molar-refractivity contribution is -0.136. The first-order valence-electron chi connectivity index (χ1n) is 9.79. The summed E-state index contributed by atoms with van der Waals surface area (Å²) < 4.78 is 11.1. The molecule has 1 amide bonds. The number of benzene rings is 1. The van der Waals surface area contributed by atoms with Crippen molar-refractivity contribution in [3.8, 4) is 5.75 Å². The van der Waals surface area contributed by atoms with Gasteiger partial charge < -0.3 is 19.8 Å². The van der Waals surface area contributed by atoms with Crippen LogP contribution in [0.25, 0.3) is 0 Å². The number of nitrogens with two attached hydrogens (primary N) is 1. The Balaban J connectivity index is 1.59. The van der Waals surface area contributed by atoms with E-state index in [1.165, 1.54) is 0 Å². The van der Waals surface area contributed by atoms with Gasteiger partial charge in [-0.05, 0) is 49.6 Å². The molecule has 1 aromatic heterocycles. The Kier molecular flexibility index (Phi) is 4.72. The van der Waals surface area contributed by atoms with E-state index in [1.807, 2.05) is 48.2 Å². The minimum absolute atomic E-state index is 0.0666. The molecule has 2 N–H and O–H groups in total. The lowest BCUT2D eigenvalue weighted by Crippen LogP contribution is -2.45. The molecule has 2 aromatic rings. The van der Waals surface area contributed by atoms with Gasteiger partial charge in [0.2, 0.25) is 5.91 Å². The normalized spacial score (nSPS) is 24.3. The van der Waals surface area contributed by atoms with Crippen molar-refractivity contribution in [3.05, 3.63) is 53.5 Å². The van der Waals surface area contributed by atoms with E-state index >= 15 is 0 Å². The molecule has 2 fully saturated rings. The molecule has 0 spiro atoms. The summed E-state index contributed by atoms with van der Waals surface area (Å²) >= 11 is 0.